The van der Waals surface area contributed by atoms with Crippen LogP contribution >= 0.6 is 0 Å². The van der Waals surface area contributed by atoms with Crippen LogP contribution in [0.2, 0.25) is 0 Å². The fourth-order valence-corrected chi connectivity index (χ4v) is 3.59. The molecule has 1 N–H and O–H groups in total. The van der Waals surface area contributed by atoms with Crippen molar-refractivity contribution in [2.75, 3.05) is 32.7 Å². The summed E-state index contributed by atoms with van der Waals surface area (Å²) in [5.74, 6) is 0.551. The number of carbonyl (C=O) groups excluding carboxylic acids is 2. The lowest BCUT2D eigenvalue weighted by Crippen LogP contribution is -2.44. The second-order valence-corrected chi connectivity index (χ2v) is 6.85. The van der Waals surface area contributed by atoms with Crippen molar-refractivity contribution in [2.45, 2.75) is 32.2 Å². The standard InChI is InChI=1S/C19H27N3O2/c23-18(20-14-16-6-2-1-3-7-16)15-21-12-8-17(9-13-21)19(24)22-10-4-5-11-22/h1-3,6-7,17H,4-5,8-15H2,(H,20,23). The molecule has 0 radical (unpaired) electrons. The van der Waals surface area contributed by atoms with E-state index in [1.54, 1.807) is 0 Å². The smallest absolute Gasteiger partial charge is 0.234 e. The molecule has 0 unspecified atom stereocenters. The van der Waals surface area contributed by atoms with Gasteiger partial charge in [-0.25, -0.2) is 0 Å². The lowest BCUT2D eigenvalue weighted by Gasteiger charge is -2.32. The number of carbonyl (C=O) groups is 2. The van der Waals surface area contributed by atoms with Gasteiger partial charge in [0.15, 0.2) is 0 Å². The molecule has 1 aromatic rings. The summed E-state index contributed by atoms with van der Waals surface area (Å²) in [7, 11) is 0. The first-order valence-corrected chi connectivity index (χ1v) is 9.04. The van der Waals surface area contributed by atoms with Crippen LogP contribution in [0.1, 0.15) is 31.2 Å². The molecule has 0 saturated carbocycles. The van der Waals surface area contributed by atoms with Crippen molar-refractivity contribution < 1.29 is 9.59 Å². The summed E-state index contributed by atoms with van der Waals surface area (Å²) in [5, 5.41) is 2.97. The second kappa shape index (κ2) is 8.29. The molecule has 130 valence electrons. The van der Waals surface area contributed by atoms with E-state index in [2.05, 4.69) is 10.2 Å². The number of rotatable bonds is 5. The Morgan fingerprint density at radius 2 is 1.67 bits per heavy atom. The number of hydrogen-bond donors (Lipinski definition) is 1. The molecule has 2 aliphatic heterocycles. The molecule has 2 amide bonds. The highest BCUT2D eigenvalue weighted by Gasteiger charge is 2.30. The first-order valence-electron chi connectivity index (χ1n) is 9.04. The molecule has 0 bridgehead atoms. The van der Waals surface area contributed by atoms with Gasteiger partial charge in [-0.1, -0.05) is 30.3 Å². The highest BCUT2D eigenvalue weighted by atomic mass is 16.2. The number of hydrogen-bond acceptors (Lipinski definition) is 3. The van der Waals surface area contributed by atoms with E-state index in [1.807, 2.05) is 35.2 Å². The van der Waals surface area contributed by atoms with Gasteiger partial charge in [-0.15, -0.1) is 0 Å². The van der Waals surface area contributed by atoms with Gasteiger partial charge in [0.2, 0.25) is 11.8 Å². The SMILES string of the molecule is O=C(CN1CCC(C(=O)N2CCCC2)CC1)NCc1ccccc1. The Labute approximate surface area is 144 Å². The van der Waals surface area contributed by atoms with Gasteiger partial charge in [-0.3, -0.25) is 14.5 Å². The van der Waals surface area contributed by atoms with E-state index in [1.165, 1.54) is 0 Å². The van der Waals surface area contributed by atoms with Gasteiger partial charge >= 0.3 is 0 Å². The quantitative estimate of drug-likeness (QED) is 0.893. The van der Waals surface area contributed by atoms with E-state index in [-0.39, 0.29) is 11.8 Å². The topological polar surface area (TPSA) is 52.7 Å². The Bertz CT molecular complexity index is 547. The molecule has 2 fully saturated rings. The van der Waals surface area contributed by atoms with E-state index in [4.69, 9.17) is 0 Å². The van der Waals surface area contributed by atoms with Crippen LogP contribution in [0.25, 0.3) is 0 Å². The summed E-state index contributed by atoms with van der Waals surface area (Å²) in [6.45, 7) is 4.54. The third-order valence-electron chi connectivity index (χ3n) is 5.05. The molecule has 2 heterocycles. The summed E-state index contributed by atoms with van der Waals surface area (Å²) in [4.78, 5) is 28.7. The number of benzene rings is 1. The molecule has 3 rings (SSSR count). The second-order valence-electron chi connectivity index (χ2n) is 6.85. The van der Waals surface area contributed by atoms with Crippen molar-refractivity contribution in [3.63, 3.8) is 0 Å². The van der Waals surface area contributed by atoms with Crippen molar-refractivity contribution in [3.8, 4) is 0 Å². The molecule has 0 aliphatic carbocycles. The van der Waals surface area contributed by atoms with Gasteiger partial charge in [0.05, 0.1) is 6.54 Å². The Kier molecular flexibility index (Phi) is 5.86. The van der Waals surface area contributed by atoms with Crippen molar-refractivity contribution in [2.24, 2.45) is 5.92 Å². The minimum Gasteiger partial charge on any atom is -0.351 e. The Balaban J connectivity index is 1.37. The van der Waals surface area contributed by atoms with Crippen LogP contribution in [0, 0.1) is 5.92 Å². The zero-order chi connectivity index (χ0) is 16.8. The zero-order valence-corrected chi connectivity index (χ0v) is 14.2. The molecular weight excluding hydrogens is 302 g/mol. The molecule has 1 aromatic carbocycles. The third-order valence-corrected chi connectivity index (χ3v) is 5.05. The number of amides is 2. The molecule has 24 heavy (non-hydrogen) atoms. The van der Waals surface area contributed by atoms with Crippen molar-refractivity contribution in [3.05, 3.63) is 35.9 Å². The summed E-state index contributed by atoms with van der Waals surface area (Å²) >= 11 is 0. The van der Waals surface area contributed by atoms with Crippen LogP contribution in [0.4, 0.5) is 0 Å². The average molecular weight is 329 g/mol. The minimum absolute atomic E-state index is 0.0585. The first-order chi connectivity index (χ1) is 11.7. The summed E-state index contributed by atoms with van der Waals surface area (Å²) < 4.78 is 0. The zero-order valence-electron chi connectivity index (χ0n) is 14.2. The van der Waals surface area contributed by atoms with E-state index in [0.29, 0.717) is 19.0 Å². The lowest BCUT2D eigenvalue weighted by molar-refractivity contribution is -0.136. The maximum absolute atomic E-state index is 12.4. The maximum Gasteiger partial charge on any atom is 0.234 e. The molecule has 0 atom stereocenters. The van der Waals surface area contributed by atoms with Crippen molar-refractivity contribution >= 4 is 11.8 Å². The number of piperidine rings is 1. The molecule has 2 aliphatic rings. The van der Waals surface area contributed by atoms with Gasteiger partial charge in [-0.05, 0) is 44.3 Å². The predicted octanol–water partition coefficient (Wildman–Crippen LogP) is 1.64. The summed E-state index contributed by atoms with van der Waals surface area (Å²) in [5.41, 5.74) is 1.11. The van der Waals surface area contributed by atoms with Gasteiger partial charge in [0, 0.05) is 25.6 Å². The van der Waals surface area contributed by atoms with E-state index >= 15 is 0 Å². The Morgan fingerprint density at radius 1 is 1.00 bits per heavy atom. The summed E-state index contributed by atoms with van der Waals surface area (Å²) in [6.07, 6.45) is 4.04. The molecule has 2 saturated heterocycles. The highest BCUT2D eigenvalue weighted by Crippen LogP contribution is 2.21. The Morgan fingerprint density at radius 3 is 2.33 bits per heavy atom. The number of nitrogens with one attached hydrogen (secondary N) is 1. The largest absolute Gasteiger partial charge is 0.351 e. The first kappa shape index (κ1) is 17.0. The average Bonchev–Trinajstić information content (AvgIpc) is 3.16. The van der Waals surface area contributed by atoms with Crippen molar-refractivity contribution in [1.29, 1.82) is 0 Å². The van der Waals surface area contributed by atoms with Gasteiger partial charge in [0.1, 0.15) is 0 Å². The van der Waals surface area contributed by atoms with E-state index in [0.717, 1.165) is 57.4 Å². The molecular formula is C19H27N3O2. The molecule has 5 nitrogen and oxygen atoms in total. The van der Waals surface area contributed by atoms with Gasteiger partial charge in [0.25, 0.3) is 0 Å². The van der Waals surface area contributed by atoms with E-state index < -0.39 is 0 Å². The number of nitrogens with zero attached hydrogens (tertiary/aromatic N) is 2. The van der Waals surface area contributed by atoms with Crippen LogP contribution in [0.15, 0.2) is 30.3 Å². The fourth-order valence-electron chi connectivity index (χ4n) is 3.59. The highest BCUT2D eigenvalue weighted by molar-refractivity contribution is 5.79. The third kappa shape index (κ3) is 4.57. The Hall–Kier alpha value is -1.88. The minimum atomic E-state index is 0.0585. The van der Waals surface area contributed by atoms with Crippen molar-refractivity contribution in [1.82, 2.24) is 15.1 Å². The fraction of sp³-hybridized carbons (Fsp3) is 0.579. The molecule has 5 heteroatoms. The van der Waals surface area contributed by atoms with Gasteiger partial charge in [-0.2, -0.15) is 0 Å². The van der Waals surface area contributed by atoms with Gasteiger partial charge < -0.3 is 10.2 Å². The van der Waals surface area contributed by atoms with Crippen LogP contribution < -0.4 is 5.32 Å². The number of likely N-dealkylation sites (tertiary alicyclic amines) is 2. The predicted molar refractivity (Wildman–Crippen MR) is 93.3 cm³/mol. The normalized spacial score (nSPS) is 19.4. The van der Waals surface area contributed by atoms with Crippen LogP contribution in [-0.4, -0.2) is 54.3 Å². The maximum atomic E-state index is 12.4. The van der Waals surface area contributed by atoms with E-state index in [9.17, 15) is 9.59 Å². The van der Waals surface area contributed by atoms with Crippen LogP contribution in [0.5, 0.6) is 0 Å². The monoisotopic (exact) mass is 329 g/mol. The summed E-state index contributed by atoms with van der Waals surface area (Å²) in [6, 6.07) is 9.94. The molecule has 0 aromatic heterocycles. The van der Waals surface area contributed by atoms with Crippen LogP contribution in [0.3, 0.4) is 0 Å². The molecule has 0 spiro atoms. The van der Waals surface area contributed by atoms with Crippen LogP contribution in [-0.2, 0) is 16.1 Å². The lowest BCUT2D eigenvalue weighted by atomic mass is 9.95.